The van der Waals surface area contributed by atoms with Crippen molar-refractivity contribution in [1.29, 1.82) is 0 Å². The van der Waals surface area contributed by atoms with Gasteiger partial charge in [0.05, 0.1) is 6.54 Å². The minimum Gasteiger partial charge on any atom is -0.480 e. The summed E-state index contributed by atoms with van der Waals surface area (Å²) >= 11 is 6.11. The first kappa shape index (κ1) is 13.9. The second-order valence-electron chi connectivity index (χ2n) is 4.74. The average Bonchev–Trinajstić information content (AvgIpc) is 2.64. The molecule has 0 fully saturated rings. The van der Waals surface area contributed by atoms with Gasteiger partial charge < -0.3 is 9.52 Å². The zero-order valence-electron chi connectivity index (χ0n) is 10.9. The fourth-order valence-electron chi connectivity index (χ4n) is 2.01. The molecular weight excluding hydrogens is 266 g/mol. The van der Waals surface area contributed by atoms with Crippen LogP contribution in [-0.4, -0.2) is 28.6 Å². The van der Waals surface area contributed by atoms with Gasteiger partial charge in [0.25, 0.3) is 0 Å². The number of para-hydroxylation sites is 1. The van der Waals surface area contributed by atoms with Crippen LogP contribution in [0.2, 0.25) is 5.22 Å². The van der Waals surface area contributed by atoms with E-state index < -0.39 is 5.97 Å². The molecule has 1 aromatic carbocycles. The van der Waals surface area contributed by atoms with Gasteiger partial charge in [-0.05, 0) is 31.5 Å². The van der Waals surface area contributed by atoms with E-state index in [9.17, 15) is 4.79 Å². The van der Waals surface area contributed by atoms with Crippen molar-refractivity contribution < 1.29 is 14.3 Å². The normalized spacial score (nSPS) is 11.6. The van der Waals surface area contributed by atoms with Crippen LogP contribution < -0.4 is 0 Å². The average molecular weight is 282 g/mol. The molecule has 0 aliphatic heterocycles. The van der Waals surface area contributed by atoms with Gasteiger partial charge in [-0.2, -0.15) is 0 Å². The molecule has 4 nitrogen and oxygen atoms in total. The number of furan rings is 1. The maximum Gasteiger partial charge on any atom is 0.317 e. The Hall–Kier alpha value is -1.52. The number of carboxylic acids is 1. The summed E-state index contributed by atoms with van der Waals surface area (Å²) in [6.07, 6.45) is 0. The zero-order chi connectivity index (χ0) is 14.0. The maximum atomic E-state index is 10.9. The van der Waals surface area contributed by atoms with Crippen LogP contribution in [0.25, 0.3) is 11.0 Å². The Bertz CT molecular complexity index is 591. The third-order valence-electron chi connectivity index (χ3n) is 3.08. The first-order valence-corrected chi connectivity index (χ1v) is 6.48. The number of rotatable bonds is 5. The van der Waals surface area contributed by atoms with Crippen molar-refractivity contribution in [3.63, 3.8) is 0 Å². The number of fused-ring (bicyclic) bond motifs is 1. The third-order valence-corrected chi connectivity index (χ3v) is 3.38. The topological polar surface area (TPSA) is 53.7 Å². The Morgan fingerprint density at radius 3 is 2.74 bits per heavy atom. The second-order valence-corrected chi connectivity index (χ2v) is 5.09. The summed E-state index contributed by atoms with van der Waals surface area (Å²) in [5.41, 5.74) is 1.56. The molecule has 0 spiro atoms. The van der Waals surface area contributed by atoms with Crippen LogP contribution in [0.15, 0.2) is 28.7 Å². The van der Waals surface area contributed by atoms with Crippen LogP contribution in [0.3, 0.4) is 0 Å². The Labute approximate surface area is 116 Å². The van der Waals surface area contributed by atoms with E-state index in [4.69, 9.17) is 21.1 Å². The van der Waals surface area contributed by atoms with Crippen LogP contribution in [0, 0.1) is 0 Å². The molecule has 1 heterocycles. The number of halogens is 1. The van der Waals surface area contributed by atoms with E-state index in [1.165, 1.54) is 0 Å². The highest BCUT2D eigenvalue weighted by Gasteiger charge is 2.19. The van der Waals surface area contributed by atoms with Gasteiger partial charge in [-0.15, -0.1) is 0 Å². The number of carbonyl (C=O) groups is 1. The molecule has 0 unspecified atom stereocenters. The van der Waals surface area contributed by atoms with E-state index in [0.717, 1.165) is 16.5 Å². The molecule has 0 atom stereocenters. The minimum absolute atomic E-state index is 0.0203. The van der Waals surface area contributed by atoms with Crippen molar-refractivity contribution in [2.45, 2.75) is 26.4 Å². The zero-order valence-corrected chi connectivity index (χ0v) is 11.6. The fourth-order valence-corrected chi connectivity index (χ4v) is 2.26. The smallest absolute Gasteiger partial charge is 0.317 e. The first-order valence-electron chi connectivity index (χ1n) is 6.10. The van der Waals surface area contributed by atoms with E-state index in [2.05, 4.69) is 0 Å². The van der Waals surface area contributed by atoms with Crippen LogP contribution in [-0.2, 0) is 11.3 Å². The van der Waals surface area contributed by atoms with Crippen LogP contribution >= 0.6 is 11.6 Å². The largest absolute Gasteiger partial charge is 0.480 e. The first-order chi connectivity index (χ1) is 8.99. The monoisotopic (exact) mass is 281 g/mol. The van der Waals surface area contributed by atoms with Crippen molar-refractivity contribution in [2.75, 3.05) is 6.54 Å². The lowest BCUT2D eigenvalue weighted by Gasteiger charge is -2.24. The summed E-state index contributed by atoms with van der Waals surface area (Å²) in [5.74, 6) is -0.849. The summed E-state index contributed by atoms with van der Waals surface area (Å²) in [6.45, 7) is 4.35. The molecule has 2 aromatic rings. The van der Waals surface area contributed by atoms with Gasteiger partial charge in [-0.1, -0.05) is 18.2 Å². The fraction of sp³-hybridized carbons (Fsp3) is 0.357. The number of nitrogens with zero attached hydrogens (tertiary/aromatic N) is 1. The molecule has 0 aliphatic carbocycles. The maximum absolute atomic E-state index is 10.9. The van der Waals surface area contributed by atoms with E-state index in [-0.39, 0.29) is 12.6 Å². The predicted octanol–water partition coefficient (Wildman–Crippen LogP) is 3.38. The molecule has 1 aromatic heterocycles. The van der Waals surface area contributed by atoms with Gasteiger partial charge in [0.15, 0.2) is 5.22 Å². The molecule has 0 aliphatic rings. The molecule has 0 bridgehead atoms. The van der Waals surface area contributed by atoms with Crippen LogP contribution in [0.5, 0.6) is 0 Å². The highest BCUT2D eigenvalue weighted by atomic mass is 35.5. The van der Waals surface area contributed by atoms with Crippen molar-refractivity contribution >= 4 is 28.5 Å². The Balaban J connectivity index is 2.33. The van der Waals surface area contributed by atoms with Gasteiger partial charge in [-0.3, -0.25) is 9.69 Å². The molecule has 2 rings (SSSR count). The number of hydrogen-bond donors (Lipinski definition) is 1. The second kappa shape index (κ2) is 5.63. The lowest BCUT2D eigenvalue weighted by molar-refractivity contribution is -0.138. The van der Waals surface area contributed by atoms with Crippen molar-refractivity contribution in [3.8, 4) is 0 Å². The quantitative estimate of drug-likeness (QED) is 0.913. The lowest BCUT2D eigenvalue weighted by Crippen LogP contribution is -2.35. The molecule has 0 radical (unpaired) electrons. The van der Waals surface area contributed by atoms with E-state index in [1.807, 2.05) is 43.0 Å². The van der Waals surface area contributed by atoms with Crippen LogP contribution in [0.1, 0.15) is 19.4 Å². The number of carboxylic acid groups (broad SMARTS) is 1. The molecule has 0 saturated carbocycles. The highest BCUT2D eigenvalue weighted by Crippen LogP contribution is 2.30. The van der Waals surface area contributed by atoms with Gasteiger partial charge in [-0.25, -0.2) is 0 Å². The van der Waals surface area contributed by atoms with Gasteiger partial charge >= 0.3 is 5.97 Å². The van der Waals surface area contributed by atoms with Crippen LogP contribution in [0.4, 0.5) is 0 Å². The standard InChI is InChI=1S/C14H16ClNO3/c1-9(2)16(8-13(17)18)7-11-10-5-3-4-6-12(10)19-14(11)15/h3-6,9H,7-8H2,1-2H3,(H,17,18). The van der Waals surface area contributed by atoms with E-state index >= 15 is 0 Å². The third kappa shape index (κ3) is 3.08. The summed E-state index contributed by atoms with van der Waals surface area (Å²) < 4.78 is 5.48. The lowest BCUT2D eigenvalue weighted by atomic mass is 10.1. The van der Waals surface area contributed by atoms with Gasteiger partial charge in [0, 0.05) is 23.5 Å². The van der Waals surface area contributed by atoms with E-state index in [1.54, 1.807) is 0 Å². The van der Waals surface area contributed by atoms with Crippen molar-refractivity contribution in [2.24, 2.45) is 0 Å². The summed E-state index contributed by atoms with van der Waals surface area (Å²) in [6, 6.07) is 7.68. The number of hydrogen-bond acceptors (Lipinski definition) is 3. The SMILES string of the molecule is CC(C)N(CC(=O)O)Cc1c(Cl)oc2ccccc12. The number of aliphatic carboxylic acids is 1. The van der Waals surface area contributed by atoms with Crippen molar-refractivity contribution in [1.82, 2.24) is 4.90 Å². The van der Waals surface area contributed by atoms with E-state index in [0.29, 0.717) is 11.8 Å². The Morgan fingerprint density at radius 1 is 1.42 bits per heavy atom. The summed E-state index contributed by atoms with van der Waals surface area (Å²) in [7, 11) is 0. The van der Waals surface area contributed by atoms with Gasteiger partial charge in [0.2, 0.25) is 0 Å². The molecule has 1 N–H and O–H groups in total. The minimum atomic E-state index is -0.849. The predicted molar refractivity (Wildman–Crippen MR) is 74.4 cm³/mol. The summed E-state index contributed by atoms with van der Waals surface area (Å²) in [4.78, 5) is 12.7. The molecular formula is C14H16ClNO3. The summed E-state index contributed by atoms with van der Waals surface area (Å²) in [5, 5.41) is 10.2. The Morgan fingerprint density at radius 2 is 2.11 bits per heavy atom. The molecule has 102 valence electrons. The number of benzene rings is 1. The molecule has 19 heavy (non-hydrogen) atoms. The highest BCUT2D eigenvalue weighted by molar-refractivity contribution is 6.30. The molecule has 0 saturated heterocycles. The molecule has 5 heteroatoms. The molecule has 0 amide bonds. The van der Waals surface area contributed by atoms with Crippen molar-refractivity contribution in [3.05, 3.63) is 35.0 Å². The Kier molecular flexibility index (Phi) is 4.12. The van der Waals surface area contributed by atoms with Gasteiger partial charge in [0.1, 0.15) is 5.58 Å².